The third-order valence-electron chi connectivity index (χ3n) is 3.82. The third kappa shape index (κ3) is 3.30. The number of benzene rings is 1. The van der Waals surface area contributed by atoms with E-state index in [1.807, 2.05) is 0 Å². The predicted octanol–water partition coefficient (Wildman–Crippen LogP) is 2.76. The summed E-state index contributed by atoms with van der Waals surface area (Å²) in [5.41, 5.74) is 7.70. The number of hydrogen-bond donors (Lipinski definition) is 1. The first-order valence-corrected chi connectivity index (χ1v) is 6.72. The van der Waals surface area contributed by atoms with Crippen LogP contribution in [-0.4, -0.2) is 18.8 Å². The molecule has 2 N–H and O–H groups in total. The van der Waals surface area contributed by atoms with E-state index in [4.69, 9.17) is 10.5 Å². The van der Waals surface area contributed by atoms with E-state index in [0.717, 1.165) is 32.3 Å². The molecule has 94 valence electrons. The fourth-order valence-corrected chi connectivity index (χ4v) is 2.77. The molecule has 2 rings (SSSR count). The van der Waals surface area contributed by atoms with Gasteiger partial charge in [0.25, 0.3) is 0 Å². The van der Waals surface area contributed by atoms with Crippen LogP contribution < -0.4 is 5.73 Å². The summed E-state index contributed by atoms with van der Waals surface area (Å²) in [7, 11) is 0. The van der Waals surface area contributed by atoms with Crippen molar-refractivity contribution >= 4 is 0 Å². The molecule has 3 atom stereocenters. The van der Waals surface area contributed by atoms with Gasteiger partial charge < -0.3 is 10.5 Å². The van der Waals surface area contributed by atoms with Crippen molar-refractivity contribution in [2.45, 2.75) is 44.8 Å². The van der Waals surface area contributed by atoms with E-state index in [1.165, 1.54) is 5.56 Å². The molecule has 2 heteroatoms. The van der Waals surface area contributed by atoms with Crippen molar-refractivity contribution in [2.75, 3.05) is 6.61 Å². The van der Waals surface area contributed by atoms with Crippen LogP contribution in [0.5, 0.6) is 0 Å². The van der Waals surface area contributed by atoms with Gasteiger partial charge in [-0.1, -0.05) is 37.3 Å². The number of ether oxygens (including phenoxy) is 1. The second-order valence-electron chi connectivity index (χ2n) is 4.96. The largest absolute Gasteiger partial charge is 0.378 e. The van der Waals surface area contributed by atoms with E-state index < -0.39 is 0 Å². The van der Waals surface area contributed by atoms with Crippen molar-refractivity contribution in [1.82, 2.24) is 0 Å². The maximum absolute atomic E-state index is 6.31. The van der Waals surface area contributed by atoms with Crippen LogP contribution >= 0.6 is 0 Å². The van der Waals surface area contributed by atoms with E-state index in [0.29, 0.717) is 12.0 Å². The minimum atomic E-state index is 0.280. The summed E-state index contributed by atoms with van der Waals surface area (Å²) in [5.74, 6) is 0.559. The molecule has 1 heterocycles. The molecule has 17 heavy (non-hydrogen) atoms. The Morgan fingerprint density at radius 1 is 1.35 bits per heavy atom. The van der Waals surface area contributed by atoms with Gasteiger partial charge in [0, 0.05) is 18.6 Å². The Bertz CT molecular complexity index is 325. The van der Waals surface area contributed by atoms with Gasteiger partial charge in [0.05, 0.1) is 6.10 Å². The van der Waals surface area contributed by atoms with Gasteiger partial charge in [0.1, 0.15) is 0 Å². The van der Waals surface area contributed by atoms with Gasteiger partial charge >= 0.3 is 0 Å². The van der Waals surface area contributed by atoms with Crippen LogP contribution in [0.4, 0.5) is 0 Å². The Morgan fingerprint density at radius 3 is 2.82 bits per heavy atom. The van der Waals surface area contributed by atoms with Crippen LogP contribution in [0.2, 0.25) is 0 Å². The summed E-state index contributed by atoms with van der Waals surface area (Å²) < 4.78 is 5.71. The average Bonchev–Trinajstić information content (AvgIpc) is 2.85. The highest BCUT2D eigenvalue weighted by Gasteiger charge is 2.31. The fourth-order valence-electron chi connectivity index (χ4n) is 2.77. The van der Waals surface area contributed by atoms with Gasteiger partial charge in [-0.15, -0.1) is 0 Å². The second kappa shape index (κ2) is 6.18. The normalized spacial score (nSPS) is 26.0. The van der Waals surface area contributed by atoms with Crippen LogP contribution in [0.1, 0.15) is 31.7 Å². The second-order valence-corrected chi connectivity index (χ2v) is 4.96. The van der Waals surface area contributed by atoms with Crippen molar-refractivity contribution in [1.29, 1.82) is 0 Å². The molecule has 1 aromatic rings. The number of rotatable bonds is 5. The lowest BCUT2D eigenvalue weighted by Crippen LogP contribution is -2.35. The summed E-state index contributed by atoms with van der Waals surface area (Å²) in [6.45, 7) is 3.08. The summed E-state index contributed by atoms with van der Waals surface area (Å²) in [6.07, 6.45) is 4.75. The van der Waals surface area contributed by atoms with Crippen molar-refractivity contribution < 1.29 is 4.74 Å². The SMILES string of the molecule is CCC1OCCC1C(N)CCc1ccccc1. The molecule has 1 fully saturated rings. The van der Waals surface area contributed by atoms with E-state index >= 15 is 0 Å². The molecule has 1 aliphatic rings. The molecular formula is C15H23NO. The predicted molar refractivity (Wildman–Crippen MR) is 70.9 cm³/mol. The number of nitrogens with two attached hydrogens (primary N) is 1. The lowest BCUT2D eigenvalue weighted by atomic mass is 9.88. The van der Waals surface area contributed by atoms with Crippen LogP contribution in [0.15, 0.2) is 30.3 Å². The van der Waals surface area contributed by atoms with Crippen molar-refractivity contribution in [3.8, 4) is 0 Å². The lowest BCUT2D eigenvalue weighted by molar-refractivity contribution is 0.0806. The Hall–Kier alpha value is -0.860. The summed E-state index contributed by atoms with van der Waals surface area (Å²) >= 11 is 0. The smallest absolute Gasteiger partial charge is 0.0616 e. The molecule has 0 spiro atoms. The van der Waals surface area contributed by atoms with Crippen LogP contribution in [0, 0.1) is 5.92 Å². The van der Waals surface area contributed by atoms with Crippen molar-refractivity contribution in [3.05, 3.63) is 35.9 Å². The molecule has 0 saturated carbocycles. The van der Waals surface area contributed by atoms with Gasteiger partial charge in [-0.3, -0.25) is 0 Å². The Balaban J connectivity index is 1.83. The number of aryl methyl sites for hydroxylation is 1. The van der Waals surface area contributed by atoms with Gasteiger partial charge in [0.15, 0.2) is 0 Å². The van der Waals surface area contributed by atoms with Crippen molar-refractivity contribution in [2.24, 2.45) is 11.7 Å². The zero-order valence-corrected chi connectivity index (χ0v) is 10.6. The topological polar surface area (TPSA) is 35.2 Å². The minimum Gasteiger partial charge on any atom is -0.378 e. The van der Waals surface area contributed by atoms with Gasteiger partial charge in [0.2, 0.25) is 0 Å². The molecular weight excluding hydrogens is 210 g/mol. The molecule has 0 bridgehead atoms. The van der Waals surface area contributed by atoms with E-state index in [1.54, 1.807) is 0 Å². The van der Waals surface area contributed by atoms with E-state index in [2.05, 4.69) is 37.3 Å². The average molecular weight is 233 g/mol. The molecule has 1 aliphatic heterocycles. The minimum absolute atomic E-state index is 0.280. The molecule has 1 aromatic carbocycles. The molecule has 1 saturated heterocycles. The van der Waals surface area contributed by atoms with Crippen molar-refractivity contribution in [3.63, 3.8) is 0 Å². The van der Waals surface area contributed by atoms with Crippen LogP contribution in [-0.2, 0) is 11.2 Å². The Morgan fingerprint density at radius 2 is 2.12 bits per heavy atom. The first kappa shape index (κ1) is 12.6. The first-order valence-electron chi connectivity index (χ1n) is 6.72. The first-order chi connectivity index (χ1) is 8.31. The van der Waals surface area contributed by atoms with Gasteiger partial charge in [-0.2, -0.15) is 0 Å². The summed E-state index contributed by atoms with van der Waals surface area (Å²) in [4.78, 5) is 0. The molecule has 2 nitrogen and oxygen atoms in total. The zero-order chi connectivity index (χ0) is 12.1. The maximum Gasteiger partial charge on any atom is 0.0616 e. The number of hydrogen-bond acceptors (Lipinski definition) is 2. The summed E-state index contributed by atoms with van der Waals surface area (Å²) in [6, 6.07) is 10.9. The highest BCUT2D eigenvalue weighted by molar-refractivity contribution is 5.14. The standard InChI is InChI=1S/C15H23NO/c1-2-15-13(10-11-17-15)14(16)9-8-12-6-4-3-5-7-12/h3-7,13-15H,2,8-11,16H2,1H3. The summed E-state index contributed by atoms with van der Waals surface area (Å²) in [5, 5.41) is 0. The maximum atomic E-state index is 6.31. The Kier molecular flexibility index (Phi) is 4.57. The zero-order valence-electron chi connectivity index (χ0n) is 10.6. The van der Waals surface area contributed by atoms with Gasteiger partial charge in [-0.05, 0) is 31.2 Å². The third-order valence-corrected chi connectivity index (χ3v) is 3.82. The van der Waals surface area contributed by atoms with Gasteiger partial charge in [-0.25, -0.2) is 0 Å². The molecule has 0 aliphatic carbocycles. The highest BCUT2D eigenvalue weighted by atomic mass is 16.5. The van der Waals surface area contributed by atoms with Crippen LogP contribution in [0.25, 0.3) is 0 Å². The molecule has 0 amide bonds. The Labute approximate surface area is 104 Å². The molecule has 0 aromatic heterocycles. The monoisotopic (exact) mass is 233 g/mol. The van der Waals surface area contributed by atoms with Crippen LogP contribution in [0.3, 0.4) is 0 Å². The molecule has 0 radical (unpaired) electrons. The van der Waals surface area contributed by atoms with E-state index in [-0.39, 0.29) is 6.04 Å². The highest BCUT2D eigenvalue weighted by Crippen LogP contribution is 2.27. The quantitative estimate of drug-likeness (QED) is 0.848. The molecule has 3 unspecified atom stereocenters. The lowest BCUT2D eigenvalue weighted by Gasteiger charge is -2.23. The van der Waals surface area contributed by atoms with E-state index in [9.17, 15) is 0 Å². The fraction of sp³-hybridized carbons (Fsp3) is 0.600.